The normalized spacial score (nSPS) is 24.5. The molecular weight excluding hydrogens is 366 g/mol. The van der Waals surface area contributed by atoms with E-state index in [0.717, 1.165) is 41.0 Å². The maximum absolute atomic E-state index is 13.1. The summed E-state index contributed by atoms with van der Waals surface area (Å²) in [7, 11) is 0. The van der Waals surface area contributed by atoms with E-state index in [9.17, 15) is 14.4 Å². The van der Waals surface area contributed by atoms with Crippen molar-refractivity contribution in [2.75, 3.05) is 11.9 Å². The first kappa shape index (κ1) is 21.3. The molecule has 1 aliphatic carbocycles. The predicted molar refractivity (Wildman–Crippen MR) is 114 cm³/mol. The summed E-state index contributed by atoms with van der Waals surface area (Å²) < 4.78 is 0. The van der Waals surface area contributed by atoms with Crippen LogP contribution in [0.5, 0.6) is 0 Å². The maximum atomic E-state index is 13.1. The van der Waals surface area contributed by atoms with Crippen LogP contribution in [0.4, 0.5) is 10.5 Å². The number of carbonyl (C=O) groups is 3. The number of para-hydroxylation sites is 1. The molecule has 1 aliphatic heterocycles. The molecule has 158 valence electrons. The fraction of sp³-hybridized carbons (Fsp3) is 0.609. The van der Waals surface area contributed by atoms with Gasteiger partial charge < -0.3 is 10.6 Å². The molecule has 6 heteroatoms. The van der Waals surface area contributed by atoms with Crippen LogP contribution in [0.1, 0.15) is 83.3 Å². The second-order valence-corrected chi connectivity index (χ2v) is 9.11. The molecule has 3 rings (SSSR count). The zero-order chi connectivity index (χ0) is 21.3. The molecule has 1 aromatic rings. The molecule has 6 nitrogen and oxygen atoms in total. The van der Waals surface area contributed by atoms with E-state index in [0.29, 0.717) is 6.42 Å². The summed E-state index contributed by atoms with van der Waals surface area (Å²) in [6.07, 6.45) is 3.53. The molecule has 0 radical (unpaired) electrons. The number of imide groups is 1. The van der Waals surface area contributed by atoms with Gasteiger partial charge in [0.25, 0.3) is 5.91 Å². The Morgan fingerprint density at radius 1 is 1.17 bits per heavy atom. The van der Waals surface area contributed by atoms with Gasteiger partial charge in [-0.15, -0.1) is 0 Å². The number of hydrogen-bond donors (Lipinski definition) is 2. The largest absolute Gasteiger partial charge is 0.325 e. The lowest BCUT2D eigenvalue weighted by molar-refractivity contribution is -0.136. The molecule has 0 bridgehead atoms. The molecule has 4 amide bonds. The third-order valence-corrected chi connectivity index (χ3v) is 6.44. The number of urea groups is 1. The number of anilines is 1. The Bertz CT molecular complexity index is 791. The maximum Gasteiger partial charge on any atom is 0.325 e. The molecule has 1 heterocycles. The predicted octanol–water partition coefficient (Wildman–Crippen LogP) is 4.37. The van der Waals surface area contributed by atoms with E-state index in [-0.39, 0.29) is 36.1 Å². The van der Waals surface area contributed by atoms with Crippen LogP contribution in [0.3, 0.4) is 0 Å². The molecule has 0 aromatic heterocycles. The highest BCUT2D eigenvalue weighted by Crippen LogP contribution is 2.38. The number of rotatable bonds is 5. The van der Waals surface area contributed by atoms with Gasteiger partial charge >= 0.3 is 6.03 Å². The van der Waals surface area contributed by atoms with Crippen molar-refractivity contribution >= 4 is 23.5 Å². The lowest BCUT2D eigenvalue weighted by Gasteiger charge is -2.36. The lowest BCUT2D eigenvalue weighted by atomic mass is 9.73. The smallest absolute Gasteiger partial charge is 0.324 e. The molecule has 0 unspecified atom stereocenters. The van der Waals surface area contributed by atoms with E-state index < -0.39 is 11.6 Å². The monoisotopic (exact) mass is 399 g/mol. The Morgan fingerprint density at radius 3 is 2.34 bits per heavy atom. The van der Waals surface area contributed by atoms with E-state index >= 15 is 0 Å². The van der Waals surface area contributed by atoms with E-state index in [2.05, 4.69) is 38.3 Å². The van der Waals surface area contributed by atoms with Crippen LogP contribution < -0.4 is 10.6 Å². The second-order valence-electron chi connectivity index (χ2n) is 9.11. The Hall–Kier alpha value is -2.37. The van der Waals surface area contributed by atoms with Gasteiger partial charge in [0, 0.05) is 5.69 Å². The van der Waals surface area contributed by atoms with E-state index in [4.69, 9.17) is 0 Å². The Labute approximate surface area is 173 Å². The number of nitrogens with one attached hydrogen (secondary N) is 2. The molecular formula is C23H33N3O3. The topological polar surface area (TPSA) is 78.5 Å². The summed E-state index contributed by atoms with van der Waals surface area (Å²) in [5.41, 5.74) is 2.07. The van der Waals surface area contributed by atoms with Gasteiger partial charge in [-0.2, -0.15) is 0 Å². The van der Waals surface area contributed by atoms with Crippen LogP contribution in [0.2, 0.25) is 0 Å². The van der Waals surface area contributed by atoms with E-state index in [1.165, 1.54) is 0 Å². The molecule has 2 N–H and O–H groups in total. The standard InChI is InChI=1S/C23H33N3O3/c1-14(2)17-10-8-11-18(15(3)4)20(17)24-19(27)13-26-21(28)23(25-22(26)29)12-7-6-9-16(23)5/h8,10-11,14-16H,6-7,9,12-13H2,1-5H3,(H,24,27)(H,25,29)/t16-,23+/m0/s1. The van der Waals surface area contributed by atoms with E-state index in [1.54, 1.807) is 0 Å². The highest BCUT2D eigenvalue weighted by molar-refractivity contribution is 6.10. The molecule has 1 spiro atoms. The highest BCUT2D eigenvalue weighted by atomic mass is 16.2. The van der Waals surface area contributed by atoms with Crippen molar-refractivity contribution in [3.8, 4) is 0 Å². The zero-order valence-corrected chi connectivity index (χ0v) is 18.2. The molecule has 2 atom stereocenters. The van der Waals surface area contributed by atoms with Crippen molar-refractivity contribution in [3.05, 3.63) is 29.3 Å². The van der Waals surface area contributed by atoms with Crippen molar-refractivity contribution in [2.24, 2.45) is 5.92 Å². The Morgan fingerprint density at radius 2 is 1.79 bits per heavy atom. The minimum absolute atomic E-state index is 0.0787. The first-order valence-electron chi connectivity index (χ1n) is 10.7. The summed E-state index contributed by atoms with van der Waals surface area (Å²) in [5, 5.41) is 5.90. The van der Waals surface area contributed by atoms with Crippen molar-refractivity contribution in [1.82, 2.24) is 10.2 Å². The second kappa shape index (κ2) is 8.17. The summed E-state index contributed by atoms with van der Waals surface area (Å²) in [6, 6.07) is 5.57. The fourth-order valence-electron chi connectivity index (χ4n) is 4.66. The van der Waals surface area contributed by atoms with Gasteiger partial charge in [0.1, 0.15) is 12.1 Å². The first-order valence-corrected chi connectivity index (χ1v) is 10.7. The van der Waals surface area contributed by atoms with Gasteiger partial charge in [0.05, 0.1) is 0 Å². The van der Waals surface area contributed by atoms with Crippen molar-refractivity contribution < 1.29 is 14.4 Å². The zero-order valence-electron chi connectivity index (χ0n) is 18.2. The average molecular weight is 400 g/mol. The van der Waals surface area contributed by atoms with Gasteiger partial charge in [0.15, 0.2) is 0 Å². The number of hydrogen-bond acceptors (Lipinski definition) is 3. The van der Waals surface area contributed by atoms with Gasteiger partial charge in [-0.3, -0.25) is 14.5 Å². The highest BCUT2D eigenvalue weighted by Gasteiger charge is 2.55. The summed E-state index contributed by atoms with van der Waals surface area (Å²) in [4.78, 5) is 39.6. The third kappa shape index (κ3) is 3.89. The van der Waals surface area contributed by atoms with Crippen LogP contribution in [0.25, 0.3) is 0 Å². The summed E-state index contributed by atoms with van der Waals surface area (Å²) in [6.45, 7) is 10.1. The quantitative estimate of drug-likeness (QED) is 0.722. The molecule has 1 aromatic carbocycles. The number of amides is 4. The minimum atomic E-state index is -0.839. The van der Waals surface area contributed by atoms with Crippen molar-refractivity contribution in [1.29, 1.82) is 0 Å². The van der Waals surface area contributed by atoms with Crippen LogP contribution in [0, 0.1) is 5.92 Å². The van der Waals surface area contributed by atoms with Gasteiger partial charge in [-0.25, -0.2) is 4.79 Å². The molecule has 1 saturated carbocycles. The average Bonchev–Trinajstić information content (AvgIpc) is 2.89. The van der Waals surface area contributed by atoms with Crippen LogP contribution in [-0.2, 0) is 9.59 Å². The molecule has 2 fully saturated rings. The Kier molecular flexibility index (Phi) is 6.01. The minimum Gasteiger partial charge on any atom is -0.324 e. The van der Waals surface area contributed by atoms with Gasteiger partial charge in [-0.1, -0.05) is 65.7 Å². The van der Waals surface area contributed by atoms with E-state index in [1.807, 2.05) is 25.1 Å². The number of carbonyl (C=O) groups excluding carboxylic acids is 3. The van der Waals surface area contributed by atoms with Gasteiger partial charge in [-0.05, 0) is 41.7 Å². The van der Waals surface area contributed by atoms with Crippen LogP contribution >= 0.6 is 0 Å². The van der Waals surface area contributed by atoms with Crippen molar-refractivity contribution in [2.45, 2.75) is 77.7 Å². The summed E-state index contributed by atoms with van der Waals surface area (Å²) in [5.74, 6) is -0.0378. The Balaban J connectivity index is 1.80. The molecule has 1 saturated heterocycles. The van der Waals surface area contributed by atoms with Crippen LogP contribution in [0.15, 0.2) is 18.2 Å². The van der Waals surface area contributed by atoms with Crippen molar-refractivity contribution in [3.63, 3.8) is 0 Å². The van der Waals surface area contributed by atoms with Crippen LogP contribution in [-0.4, -0.2) is 34.8 Å². The third-order valence-electron chi connectivity index (χ3n) is 6.44. The first-order chi connectivity index (χ1) is 13.7. The van der Waals surface area contributed by atoms with Gasteiger partial charge in [0.2, 0.25) is 5.91 Å². The lowest BCUT2D eigenvalue weighted by Crippen LogP contribution is -2.54. The molecule has 2 aliphatic rings. The number of nitrogens with zero attached hydrogens (tertiary/aromatic N) is 1. The SMILES string of the molecule is CC(C)c1cccc(C(C)C)c1NC(=O)CN1C(=O)N[C@@]2(CCCC[C@@H]2C)C1=O. The fourth-order valence-corrected chi connectivity index (χ4v) is 4.66. The molecule has 29 heavy (non-hydrogen) atoms. The summed E-state index contributed by atoms with van der Waals surface area (Å²) >= 11 is 0. The number of benzene rings is 1.